The Kier molecular flexibility index (Phi) is 5.38. The molecule has 0 unspecified atom stereocenters. The molecule has 0 aliphatic carbocycles. The minimum absolute atomic E-state index is 0.144. The van der Waals surface area contributed by atoms with Gasteiger partial charge in [-0.1, -0.05) is 36.4 Å². The fourth-order valence-corrected chi connectivity index (χ4v) is 3.77. The van der Waals surface area contributed by atoms with E-state index in [1.807, 2.05) is 55.5 Å². The van der Waals surface area contributed by atoms with E-state index in [0.29, 0.717) is 18.7 Å². The Morgan fingerprint density at radius 2 is 1.79 bits per heavy atom. The van der Waals surface area contributed by atoms with Crippen molar-refractivity contribution < 1.29 is 9.59 Å². The number of anilines is 2. The summed E-state index contributed by atoms with van der Waals surface area (Å²) in [6.45, 7) is 3.12. The van der Waals surface area contributed by atoms with Crippen molar-refractivity contribution in [2.75, 3.05) is 22.9 Å². The minimum atomic E-state index is -0.172. The number of pyridine rings is 1. The molecule has 1 aliphatic rings. The van der Waals surface area contributed by atoms with Crippen molar-refractivity contribution in [2.24, 2.45) is 0 Å². The molecule has 0 fully saturated rings. The number of carbonyl (C=O) groups excluding carboxylic acids is 2. The Labute approximate surface area is 170 Å². The molecule has 0 bridgehead atoms. The van der Waals surface area contributed by atoms with Crippen LogP contribution in [0, 0.1) is 0 Å². The van der Waals surface area contributed by atoms with Crippen LogP contribution in [0.15, 0.2) is 72.9 Å². The molecule has 0 atom stereocenters. The average molecular weight is 385 g/mol. The van der Waals surface area contributed by atoms with Gasteiger partial charge in [-0.05, 0) is 55.7 Å². The number of amides is 2. The van der Waals surface area contributed by atoms with Gasteiger partial charge in [-0.3, -0.25) is 14.6 Å². The summed E-state index contributed by atoms with van der Waals surface area (Å²) < 4.78 is 0. The summed E-state index contributed by atoms with van der Waals surface area (Å²) in [6.07, 6.45) is 3.42. The second kappa shape index (κ2) is 8.27. The van der Waals surface area contributed by atoms with Crippen LogP contribution in [-0.2, 0) is 6.42 Å². The van der Waals surface area contributed by atoms with Crippen LogP contribution >= 0.6 is 0 Å². The second-order valence-electron chi connectivity index (χ2n) is 7.00. The van der Waals surface area contributed by atoms with Crippen molar-refractivity contribution in [1.82, 2.24) is 4.98 Å². The van der Waals surface area contributed by atoms with Gasteiger partial charge in [0.25, 0.3) is 11.8 Å². The molecule has 4 rings (SSSR count). The van der Waals surface area contributed by atoms with E-state index in [1.54, 1.807) is 21.9 Å². The number of aromatic nitrogens is 1. The first-order valence-corrected chi connectivity index (χ1v) is 9.91. The van der Waals surface area contributed by atoms with Gasteiger partial charge in [0, 0.05) is 36.2 Å². The Bertz CT molecular complexity index is 1030. The van der Waals surface area contributed by atoms with Crippen molar-refractivity contribution in [1.29, 1.82) is 0 Å². The van der Waals surface area contributed by atoms with Crippen molar-refractivity contribution in [3.8, 4) is 0 Å². The van der Waals surface area contributed by atoms with Gasteiger partial charge in [0.2, 0.25) is 0 Å². The second-order valence-corrected chi connectivity index (χ2v) is 7.00. The molecule has 0 saturated carbocycles. The zero-order chi connectivity index (χ0) is 20.2. The highest BCUT2D eigenvalue weighted by Gasteiger charge is 2.25. The smallest absolute Gasteiger partial charge is 0.276 e. The van der Waals surface area contributed by atoms with Crippen LogP contribution in [0.5, 0.6) is 0 Å². The molecule has 3 aromatic rings. The van der Waals surface area contributed by atoms with Crippen LogP contribution < -0.4 is 9.80 Å². The molecule has 2 heterocycles. The number of nitrogens with zero attached hydrogens (tertiary/aromatic N) is 3. The molecule has 1 aromatic heterocycles. The Morgan fingerprint density at radius 1 is 1.03 bits per heavy atom. The van der Waals surface area contributed by atoms with Crippen molar-refractivity contribution in [3.63, 3.8) is 0 Å². The zero-order valence-electron chi connectivity index (χ0n) is 16.4. The van der Waals surface area contributed by atoms with E-state index in [9.17, 15) is 9.59 Å². The Hall–Kier alpha value is -3.47. The number of rotatable bonds is 4. The molecule has 2 aromatic carbocycles. The lowest BCUT2D eigenvalue weighted by Gasteiger charge is -2.29. The maximum Gasteiger partial charge on any atom is 0.276 e. The Balaban J connectivity index is 1.62. The largest absolute Gasteiger partial charge is 0.309 e. The highest BCUT2D eigenvalue weighted by Crippen LogP contribution is 2.28. The van der Waals surface area contributed by atoms with Gasteiger partial charge in [0.15, 0.2) is 0 Å². The number of hydrogen-bond donors (Lipinski definition) is 0. The molecule has 0 spiro atoms. The summed E-state index contributed by atoms with van der Waals surface area (Å²) in [4.78, 5) is 34.0. The molecule has 1 aliphatic heterocycles. The lowest BCUT2D eigenvalue weighted by Crippen LogP contribution is -2.36. The van der Waals surface area contributed by atoms with Gasteiger partial charge in [-0.15, -0.1) is 0 Å². The first kappa shape index (κ1) is 18.9. The maximum absolute atomic E-state index is 13.2. The van der Waals surface area contributed by atoms with Gasteiger partial charge in [-0.25, -0.2) is 0 Å². The van der Waals surface area contributed by atoms with Crippen LogP contribution in [0.2, 0.25) is 0 Å². The molecular formula is C24H23N3O2. The zero-order valence-corrected chi connectivity index (χ0v) is 16.4. The molecule has 29 heavy (non-hydrogen) atoms. The summed E-state index contributed by atoms with van der Waals surface area (Å²) >= 11 is 0. The summed E-state index contributed by atoms with van der Waals surface area (Å²) in [5.74, 6) is -0.316. The standard InChI is InChI=1S/C24H23N3O2/c1-2-26(20-11-4-3-5-12-20)23(28)19-14-15-25-21(17-19)24(29)27-16-8-10-18-9-6-7-13-22(18)27/h3-7,9,11-15,17H,2,8,10,16H2,1H3. The molecule has 146 valence electrons. The van der Waals surface area contributed by atoms with Crippen LogP contribution in [0.4, 0.5) is 11.4 Å². The van der Waals surface area contributed by atoms with Crippen LogP contribution in [0.25, 0.3) is 0 Å². The van der Waals surface area contributed by atoms with Gasteiger partial charge < -0.3 is 9.80 Å². The van der Waals surface area contributed by atoms with Gasteiger partial charge in [0.1, 0.15) is 5.69 Å². The summed E-state index contributed by atoms with van der Waals surface area (Å²) in [7, 11) is 0. The molecule has 0 saturated heterocycles. The predicted octanol–water partition coefficient (Wildman–Crippen LogP) is 4.34. The maximum atomic E-state index is 13.2. The number of para-hydroxylation sites is 2. The first-order valence-electron chi connectivity index (χ1n) is 9.91. The first-order chi connectivity index (χ1) is 14.2. The van der Waals surface area contributed by atoms with E-state index in [1.165, 1.54) is 11.8 Å². The number of aryl methyl sites for hydroxylation is 1. The number of benzene rings is 2. The van der Waals surface area contributed by atoms with Crippen molar-refractivity contribution in [3.05, 3.63) is 89.7 Å². The van der Waals surface area contributed by atoms with Crippen LogP contribution in [-0.4, -0.2) is 29.9 Å². The highest BCUT2D eigenvalue weighted by molar-refractivity contribution is 6.09. The monoisotopic (exact) mass is 385 g/mol. The summed E-state index contributed by atoms with van der Waals surface area (Å²) in [6, 6.07) is 20.8. The fourth-order valence-electron chi connectivity index (χ4n) is 3.77. The average Bonchev–Trinajstić information content (AvgIpc) is 2.79. The van der Waals surface area contributed by atoms with Crippen molar-refractivity contribution >= 4 is 23.2 Å². The van der Waals surface area contributed by atoms with E-state index < -0.39 is 0 Å². The molecule has 5 heteroatoms. The number of fused-ring (bicyclic) bond motifs is 1. The number of carbonyl (C=O) groups is 2. The third kappa shape index (κ3) is 3.76. The van der Waals surface area contributed by atoms with Gasteiger partial charge in [0.05, 0.1) is 0 Å². The predicted molar refractivity (Wildman–Crippen MR) is 114 cm³/mol. The fraction of sp³-hybridized carbons (Fsp3) is 0.208. The molecule has 0 N–H and O–H groups in total. The summed E-state index contributed by atoms with van der Waals surface area (Å²) in [5, 5.41) is 0. The van der Waals surface area contributed by atoms with E-state index in [2.05, 4.69) is 11.1 Å². The van der Waals surface area contributed by atoms with Gasteiger partial charge >= 0.3 is 0 Å². The third-order valence-corrected chi connectivity index (χ3v) is 5.21. The molecule has 2 amide bonds. The lowest BCUT2D eigenvalue weighted by molar-refractivity contribution is 0.0980. The van der Waals surface area contributed by atoms with E-state index in [-0.39, 0.29) is 17.5 Å². The van der Waals surface area contributed by atoms with E-state index in [4.69, 9.17) is 0 Å². The van der Waals surface area contributed by atoms with E-state index in [0.717, 1.165) is 24.2 Å². The van der Waals surface area contributed by atoms with Gasteiger partial charge in [-0.2, -0.15) is 0 Å². The van der Waals surface area contributed by atoms with E-state index >= 15 is 0 Å². The minimum Gasteiger partial charge on any atom is -0.309 e. The molecule has 0 radical (unpaired) electrons. The van der Waals surface area contributed by atoms with Crippen LogP contribution in [0.1, 0.15) is 39.8 Å². The highest BCUT2D eigenvalue weighted by atomic mass is 16.2. The van der Waals surface area contributed by atoms with Crippen LogP contribution in [0.3, 0.4) is 0 Å². The Morgan fingerprint density at radius 3 is 2.59 bits per heavy atom. The van der Waals surface area contributed by atoms with Crippen molar-refractivity contribution in [2.45, 2.75) is 19.8 Å². The molecule has 5 nitrogen and oxygen atoms in total. The topological polar surface area (TPSA) is 53.5 Å². The quantitative estimate of drug-likeness (QED) is 0.671. The summed E-state index contributed by atoms with van der Waals surface area (Å²) in [5.41, 5.74) is 3.67. The lowest BCUT2D eigenvalue weighted by atomic mass is 10.0. The SMILES string of the molecule is CCN(C(=O)c1ccnc(C(=O)N2CCCc3ccccc32)c1)c1ccccc1. The third-order valence-electron chi connectivity index (χ3n) is 5.21. The molecular weight excluding hydrogens is 362 g/mol. The number of hydrogen-bond acceptors (Lipinski definition) is 3. The normalized spacial score (nSPS) is 12.9.